The van der Waals surface area contributed by atoms with Gasteiger partial charge >= 0.3 is 0 Å². The van der Waals surface area contributed by atoms with Gasteiger partial charge in [0.05, 0.1) is 12.4 Å². The first-order valence-corrected chi connectivity index (χ1v) is 6.96. The van der Waals surface area contributed by atoms with E-state index in [-0.39, 0.29) is 17.5 Å². The molecule has 0 bridgehead atoms. The number of hydrogen-bond donors (Lipinski definition) is 3. The number of rotatable bonds is 6. The van der Waals surface area contributed by atoms with Gasteiger partial charge < -0.3 is 16.0 Å². The SMILES string of the molecule is CCCNc1cncc(NC(C)C(=O)NC(C)(C)C)n1. The Balaban J connectivity index is 2.61. The molecule has 1 aromatic heterocycles. The highest BCUT2D eigenvalue weighted by Crippen LogP contribution is 2.09. The van der Waals surface area contributed by atoms with Gasteiger partial charge in [0.25, 0.3) is 0 Å². The van der Waals surface area contributed by atoms with Crippen LogP contribution in [0.4, 0.5) is 11.6 Å². The van der Waals surface area contributed by atoms with Crippen molar-refractivity contribution in [2.24, 2.45) is 0 Å². The van der Waals surface area contributed by atoms with Gasteiger partial charge in [-0.1, -0.05) is 6.92 Å². The van der Waals surface area contributed by atoms with E-state index in [1.165, 1.54) is 0 Å². The fourth-order valence-electron chi connectivity index (χ4n) is 1.54. The maximum absolute atomic E-state index is 12.0. The molecule has 0 aliphatic heterocycles. The van der Waals surface area contributed by atoms with Gasteiger partial charge in [-0.3, -0.25) is 9.78 Å². The molecule has 112 valence electrons. The van der Waals surface area contributed by atoms with Crippen molar-refractivity contribution in [3.05, 3.63) is 12.4 Å². The number of nitrogens with one attached hydrogen (secondary N) is 3. The molecular formula is C14H25N5O. The van der Waals surface area contributed by atoms with Gasteiger partial charge in [-0.2, -0.15) is 0 Å². The van der Waals surface area contributed by atoms with Gasteiger partial charge in [-0.15, -0.1) is 0 Å². The molecule has 0 saturated carbocycles. The van der Waals surface area contributed by atoms with E-state index >= 15 is 0 Å². The minimum absolute atomic E-state index is 0.0637. The maximum atomic E-state index is 12.0. The summed E-state index contributed by atoms with van der Waals surface area (Å²) < 4.78 is 0. The highest BCUT2D eigenvalue weighted by Gasteiger charge is 2.19. The molecule has 1 amide bonds. The molecule has 6 heteroatoms. The predicted octanol–water partition coefficient (Wildman–Crippen LogP) is 2.01. The largest absolute Gasteiger partial charge is 0.369 e. The second-order valence-electron chi connectivity index (χ2n) is 5.82. The topological polar surface area (TPSA) is 78.9 Å². The smallest absolute Gasteiger partial charge is 0.242 e. The molecule has 0 aliphatic carbocycles. The lowest BCUT2D eigenvalue weighted by atomic mass is 10.1. The van der Waals surface area contributed by atoms with Gasteiger partial charge in [-0.05, 0) is 34.1 Å². The van der Waals surface area contributed by atoms with Gasteiger partial charge in [0.2, 0.25) is 5.91 Å². The minimum Gasteiger partial charge on any atom is -0.369 e. The van der Waals surface area contributed by atoms with Crippen molar-refractivity contribution in [3.63, 3.8) is 0 Å². The minimum atomic E-state index is -0.370. The second-order valence-corrected chi connectivity index (χ2v) is 5.82. The van der Waals surface area contributed by atoms with Crippen LogP contribution in [-0.2, 0) is 4.79 Å². The molecule has 0 radical (unpaired) electrons. The Labute approximate surface area is 120 Å². The lowest BCUT2D eigenvalue weighted by Crippen LogP contribution is -2.47. The summed E-state index contributed by atoms with van der Waals surface area (Å²) >= 11 is 0. The van der Waals surface area contributed by atoms with Crippen LogP contribution in [0.15, 0.2) is 12.4 Å². The molecule has 1 unspecified atom stereocenters. The van der Waals surface area contributed by atoms with E-state index in [9.17, 15) is 4.79 Å². The first-order chi connectivity index (χ1) is 9.31. The molecule has 0 aromatic carbocycles. The summed E-state index contributed by atoms with van der Waals surface area (Å²) in [5.41, 5.74) is -0.247. The molecule has 1 heterocycles. The Hall–Kier alpha value is -1.85. The monoisotopic (exact) mass is 279 g/mol. The standard InChI is InChI=1S/C14H25N5O/c1-6-7-16-11-8-15-9-12(18-11)17-10(2)13(20)19-14(3,4)5/h8-10H,6-7H2,1-5H3,(H,19,20)(H2,16,17,18). The molecule has 3 N–H and O–H groups in total. The summed E-state index contributed by atoms with van der Waals surface area (Å²) in [7, 11) is 0. The van der Waals surface area contributed by atoms with Crippen molar-refractivity contribution < 1.29 is 4.79 Å². The average molecular weight is 279 g/mol. The maximum Gasteiger partial charge on any atom is 0.242 e. The molecule has 0 aliphatic rings. The Bertz CT molecular complexity index is 441. The molecule has 6 nitrogen and oxygen atoms in total. The third kappa shape index (κ3) is 5.86. The molecule has 1 rings (SSSR count). The molecule has 1 atom stereocenters. The van der Waals surface area contributed by atoms with Crippen LogP contribution in [0.1, 0.15) is 41.0 Å². The highest BCUT2D eigenvalue weighted by molar-refractivity contribution is 5.84. The molecule has 1 aromatic rings. The first kappa shape index (κ1) is 16.2. The highest BCUT2D eigenvalue weighted by atomic mass is 16.2. The third-order valence-electron chi connectivity index (χ3n) is 2.45. The average Bonchev–Trinajstić information content (AvgIpc) is 2.34. The van der Waals surface area contributed by atoms with Gasteiger partial charge in [0.15, 0.2) is 0 Å². The zero-order chi connectivity index (χ0) is 15.2. The van der Waals surface area contributed by atoms with E-state index in [0.29, 0.717) is 11.6 Å². The van der Waals surface area contributed by atoms with E-state index in [2.05, 4.69) is 32.8 Å². The number of nitrogens with zero attached hydrogens (tertiary/aromatic N) is 2. The Kier molecular flexibility index (Phi) is 5.73. The van der Waals surface area contributed by atoms with Crippen LogP contribution in [-0.4, -0.2) is 34.0 Å². The number of carbonyl (C=O) groups is 1. The third-order valence-corrected chi connectivity index (χ3v) is 2.45. The Morgan fingerprint density at radius 3 is 2.55 bits per heavy atom. The van der Waals surface area contributed by atoms with Crippen molar-refractivity contribution >= 4 is 17.5 Å². The quantitative estimate of drug-likeness (QED) is 0.742. The van der Waals surface area contributed by atoms with E-state index in [1.807, 2.05) is 20.8 Å². The van der Waals surface area contributed by atoms with E-state index in [4.69, 9.17) is 0 Å². The summed E-state index contributed by atoms with van der Waals surface area (Å²) in [4.78, 5) is 20.5. The first-order valence-electron chi connectivity index (χ1n) is 6.96. The molecular weight excluding hydrogens is 254 g/mol. The normalized spacial score (nSPS) is 12.7. The van der Waals surface area contributed by atoms with Crippen molar-refractivity contribution in [3.8, 4) is 0 Å². The summed E-state index contributed by atoms with van der Waals surface area (Å²) in [6.45, 7) is 10.6. The fourth-order valence-corrected chi connectivity index (χ4v) is 1.54. The number of hydrogen-bond acceptors (Lipinski definition) is 5. The summed E-state index contributed by atoms with van der Waals surface area (Å²) in [5.74, 6) is 1.23. The van der Waals surface area contributed by atoms with Gasteiger partial charge in [0.1, 0.15) is 17.7 Å². The Morgan fingerprint density at radius 1 is 1.30 bits per heavy atom. The van der Waals surface area contributed by atoms with Crippen molar-refractivity contribution in [1.29, 1.82) is 0 Å². The zero-order valence-electron chi connectivity index (χ0n) is 12.9. The summed E-state index contributed by atoms with van der Waals surface area (Å²) in [6.07, 6.45) is 4.29. The number of anilines is 2. The van der Waals surface area contributed by atoms with Gasteiger partial charge in [-0.25, -0.2) is 4.98 Å². The summed E-state index contributed by atoms with van der Waals surface area (Å²) in [5, 5.41) is 9.14. The molecule has 0 spiro atoms. The van der Waals surface area contributed by atoms with Crippen LogP contribution in [0.2, 0.25) is 0 Å². The summed E-state index contributed by atoms with van der Waals surface area (Å²) in [6, 6.07) is -0.370. The van der Waals surface area contributed by atoms with E-state index in [1.54, 1.807) is 19.3 Å². The molecule has 0 saturated heterocycles. The number of amides is 1. The Morgan fingerprint density at radius 2 is 1.95 bits per heavy atom. The molecule has 20 heavy (non-hydrogen) atoms. The second kappa shape index (κ2) is 7.07. The van der Waals surface area contributed by atoms with Gasteiger partial charge in [0, 0.05) is 12.1 Å². The lowest BCUT2D eigenvalue weighted by Gasteiger charge is -2.23. The van der Waals surface area contributed by atoms with Crippen molar-refractivity contribution in [1.82, 2.24) is 15.3 Å². The zero-order valence-corrected chi connectivity index (χ0v) is 12.9. The number of aromatic nitrogens is 2. The van der Waals surface area contributed by atoms with Crippen molar-refractivity contribution in [2.45, 2.75) is 52.6 Å². The fraction of sp³-hybridized carbons (Fsp3) is 0.643. The number of carbonyl (C=O) groups excluding carboxylic acids is 1. The van der Waals surface area contributed by atoms with Crippen LogP contribution < -0.4 is 16.0 Å². The van der Waals surface area contributed by atoms with E-state index < -0.39 is 0 Å². The van der Waals surface area contributed by atoms with Crippen LogP contribution in [0.25, 0.3) is 0 Å². The predicted molar refractivity (Wildman–Crippen MR) is 81.8 cm³/mol. The molecule has 0 fully saturated rings. The lowest BCUT2D eigenvalue weighted by molar-refractivity contribution is -0.122. The van der Waals surface area contributed by atoms with Crippen LogP contribution >= 0.6 is 0 Å². The van der Waals surface area contributed by atoms with Crippen molar-refractivity contribution in [2.75, 3.05) is 17.2 Å². The van der Waals surface area contributed by atoms with E-state index in [0.717, 1.165) is 13.0 Å². The van der Waals surface area contributed by atoms with Crippen LogP contribution in [0.5, 0.6) is 0 Å². The van der Waals surface area contributed by atoms with Crippen LogP contribution in [0.3, 0.4) is 0 Å². The van der Waals surface area contributed by atoms with Crippen LogP contribution in [0, 0.1) is 0 Å².